The van der Waals surface area contributed by atoms with Gasteiger partial charge < -0.3 is 10.5 Å². The lowest BCUT2D eigenvalue weighted by atomic mass is 10.1. The summed E-state index contributed by atoms with van der Waals surface area (Å²) in [6.45, 7) is 4.78. The Morgan fingerprint density at radius 2 is 1.94 bits per heavy atom. The molecule has 0 saturated carbocycles. The number of ether oxygens (including phenoxy) is 1. The van der Waals surface area contributed by atoms with Crippen LogP contribution in [0, 0.1) is 5.92 Å². The lowest BCUT2D eigenvalue weighted by molar-refractivity contribution is -0.145. The van der Waals surface area contributed by atoms with Gasteiger partial charge in [-0.3, -0.25) is 4.79 Å². The van der Waals surface area contributed by atoms with Gasteiger partial charge in [0, 0.05) is 0 Å². The molecule has 0 saturated heterocycles. The van der Waals surface area contributed by atoms with Gasteiger partial charge in [-0.1, -0.05) is 44.2 Å². The highest BCUT2D eigenvalue weighted by Crippen LogP contribution is 2.05. The van der Waals surface area contributed by atoms with Crippen LogP contribution in [0.4, 0.5) is 0 Å². The first-order valence-electron chi connectivity index (χ1n) is 6.55. The highest BCUT2D eigenvalue weighted by molar-refractivity contribution is 5.75. The molecule has 0 fully saturated rings. The molecule has 2 N–H and O–H groups in total. The lowest BCUT2D eigenvalue weighted by Crippen LogP contribution is -2.34. The zero-order valence-corrected chi connectivity index (χ0v) is 11.3. The van der Waals surface area contributed by atoms with E-state index in [0.29, 0.717) is 18.9 Å². The summed E-state index contributed by atoms with van der Waals surface area (Å²) in [6.07, 6.45) is 2.51. The number of carbonyl (C=O) groups excluding carboxylic acids is 1. The van der Waals surface area contributed by atoms with E-state index >= 15 is 0 Å². The number of rotatable bonds is 7. The third-order valence-corrected chi connectivity index (χ3v) is 2.77. The molecule has 0 aliphatic rings. The fourth-order valence-electron chi connectivity index (χ4n) is 1.72. The van der Waals surface area contributed by atoms with Crippen LogP contribution in [0.2, 0.25) is 0 Å². The summed E-state index contributed by atoms with van der Waals surface area (Å²) < 4.78 is 5.16. The first kappa shape index (κ1) is 14.7. The molecule has 1 atom stereocenters. The van der Waals surface area contributed by atoms with E-state index in [4.69, 9.17) is 10.5 Å². The topological polar surface area (TPSA) is 52.3 Å². The van der Waals surface area contributed by atoms with Crippen molar-refractivity contribution >= 4 is 5.97 Å². The Labute approximate surface area is 109 Å². The minimum Gasteiger partial charge on any atom is -0.465 e. The third kappa shape index (κ3) is 5.82. The third-order valence-electron chi connectivity index (χ3n) is 2.77. The van der Waals surface area contributed by atoms with Gasteiger partial charge in [0.15, 0.2) is 0 Å². The van der Waals surface area contributed by atoms with E-state index in [1.54, 1.807) is 0 Å². The molecule has 0 heterocycles. The van der Waals surface area contributed by atoms with Crippen molar-refractivity contribution in [3.63, 3.8) is 0 Å². The molecular weight excluding hydrogens is 226 g/mol. The largest absolute Gasteiger partial charge is 0.465 e. The molecule has 0 unspecified atom stereocenters. The first-order valence-corrected chi connectivity index (χ1v) is 6.55. The summed E-state index contributed by atoms with van der Waals surface area (Å²) in [4.78, 5) is 11.6. The summed E-state index contributed by atoms with van der Waals surface area (Å²) in [5.74, 6) is 0.337. The van der Waals surface area contributed by atoms with E-state index in [9.17, 15) is 4.79 Å². The molecule has 0 aromatic heterocycles. The minimum absolute atomic E-state index is 0.303. The highest BCUT2D eigenvalue weighted by Gasteiger charge is 2.15. The van der Waals surface area contributed by atoms with Crippen molar-refractivity contribution in [3.05, 3.63) is 35.9 Å². The molecule has 1 aromatic rings. The molecular formula is C15H23NO2. The van der Waals surface area contributed by atoms with Crippen LogP contribution >= 0.6 is 0 Å². The van der Waals surface area contributed by atoms with Crippen molar-refractivity contribution in [2.24, 2.45) is 11.7 Å². The molecule has 1 rings (SSSR count). The molecule has 0 aliphatic carbocycles. The van der Waals surface area contributed by atoms with Crippen LogP contribution in [0.15, 0.2) is 30.3 Å². The maximum Gasteiger partial charge on any atom is 0.323 e. The standard InChI is InChI=1S/C15H23NO2/c1-12(2)7-6-10-18-15(17)14(16)11-13-8-4-3-5-9-13/h3-5,8-9,12,14H,6-7,10-11,16H2,1-2H3/t14-/m0/s1. The molecule has 0 bridgehead atoms. The van der Waals surface area contributed by atoms with Gasteiger partial charge in [0.1, 0.15) is 6.04 Å². The van der Waals surface area contributed by atoms with Gasteiger partial charge in [0.2, 0.25) is 0 Å². The smallest absolute Gasteiger partial charge is 0.323 e. The number of benzene rings is 1. The van der Waals surface area contributed by atoms with Crippen molar-refractivity contribution in [2.45, 2.75) is 39.2 Å². The van der Waals surface area contributed by atoms with Gasteiger partial charge in [-0.25, -0.2) is 0 Å². The quantitative estimate of drug-likeness (QED) is 0.597. The zero-order chi connectivity index (χ0) is 13.4. The normalized spacial score (nSPS) is 12.4. The van der Waals surface area contributed by atoms with E-state index < -0.39 is 6.04 Å². The Bertz CT molecular complexity index is 349. The van der Waals surface area contributed by atoms with Crippen molar-refractivity contribution < 1.29 is 9.53 Å². The number of hydrogen-bond donors (Lipinski definition) is 1. The van der Waals surface area contributed by atoms with Gasteiger partial charge in [-0.2, -0.15) is 0 Å². The maximum absolute atomic E-state index is 11.6. The van der Waals surface area contributed by atoms with Crippen molar-refractivity contribution in [2.75, 3.05) is 6.61 Å². The number of hydrogen-bond acceptors (Lipinski definition) is 3. The van der Waals surface area contributed by atoms with Crippen LogP contribution in [0.1, 0.15) is 32.3 Å². The Morgan fingerprint density at radius 3 is 2.56 bits per heavy atom. The molecule has 0 spiro atoms. The van der Waals surface area contributed by atoms with Gasteiger partial charge >= 0.3 is 5.97 Å². The average molecular weight is 249 g/mol. The summed E-state index contributed by atoms with van der Waals surface area (Å²) in [7, 11) is 0. The predicted molar refractivity (Wildman–Crippen MR) is 73.2 cm³/mol. The Balaban J connectivity index is 2.25. The van der Waals surface area contributed by atoms with Crippen LogP contribution < -0.4 is 5.73 Å². The monoisotopic (exact) mass is 249 g/mol. The van der Waals surface area contributed by atoms with E-state index in [2.05, 4.69) is 13.8 Å². The molecule has 3 heteroatoms. The van der Waals surface area contributed by atoms with Gasteiger partial charge in [-0.15, -0.1) is 0 Å². The summed E-state index contributed by atoms with van der Waals surface area (Å²) in [5.41, 5.74) is 6.88. The minimum atomic E-state index is -0.563. The van der Waals surface area contributed by atoms with Crippen LogP contribution in [0.25, 0.3) is 0 Å². The molecule has 3 nitrogen and oxygen atoms in total. The number of carbonyl (C=O) groups is 1. The predicted octanol–water partition coefficient (Wildman–Crippen LogP) is 2.54. The first-order chi connectivity index (χ1) is 8.59. The van der Waals surface area contributed by atoms with E-state index in [1.165, 1.54) is 0 Å². The molecule has 0 amide bonds. The molecule has 0 radical (unpaired) electrons. The second kappa shape index (κ2) is 7.88. The van der Waals surface area contributed by atoms with Crippen molar-refractivity contribution in [3.8, 4) is 0 Å². The molecule has 18 heavy (non-hydrogen) atoms. The van der Waals surface area contributed by atoms with E-state index in [0.717, 1.165) is 18.4 Å². The highest BCUT2D eigenvalue weighted by atomic mass is 16.5. The zero-order valence-electron chi connectivity index (χ0n) is 11.3. The summed E-state index contributed by atoms with van der Waals surface area (Å²) >= 11 is 0. The SMILES string of the molecule is CC(C)CCCOC(=O)[C@@H](N)Cc1ccccc1. The average Bonchev–Trinajstić information content (AvgIpc) is 2.35. The number of esters is 1. The number of nitrogens with two attached hydrogens (primary N) is 1. The van der Waals surface area contributed by atoms with Crippen LogP contribution in [0.5, 0.6) is 0 Å². The van der Waals surface area contributed by atoms with Crippen LogP contribution in [0.3, 0.4) is 0 Å². The summed E-state index contributed by atoms with van der Waals surface area (Å²) in [6, 6.07) is 9.19. The van der Waals surface area contributed by atoms with Gasteiger partial charge in [0.05, 0.1) is 6.61 Å². The maximum atomic E-state index is 11.6. The Kier molecular flexibility index (Phi) is 6.44. The van der Waals surface area contributed by atoms with Crippen molar-refractivity contribution in [1.82, 2.24) is 0 Å². The van der Waals surface area contributed by atoms with Crippen LogP contribution in [-0.2, 0) is 16.0 Å². The Hall–Kier alpha value is -1.35. The lowest BCUT2D eigenvalue weighted by Gasteiger charge is -2.12. The second-order valence-electron chi connectivity index (χ2n) is 5.00. The van der Waals surface area contributed by atoms with Crippen molar-refractivity contribution in [1.29, 1.82) is 0 Å². The molecule has 100 valence electrons. The second-order valence-corrected chi connectivity index (χ2v) is 5.00. The van der Waals surface area contributed by atoms with Gasteiger partial charge in [-0.05, 0) is 30.7 Å². The van der Waals surface area contributed by atoms with E-state index in [-0.39, 0.29) is 5.97 Å². The van der Waals surface area contributed by atoms with Gasteiger partial charge in [0.25, 0.3) is 0 Å². The molecule has 0 aliphatic heterocycles. The Morgan fingerprint density at radius 1 is 1.28 bits per heavy atom. The summed E-state index contributed by atoms with van der Waals surface area (Å²) in [5, 5.41) is 0. The fraction of sp³-hybridized carbons (Fsp3) is 0.533. The molecule has 1 aromatic carbocycles. The fourth-order valence-corrected chi connectivity index (χ4v) is 1.72. The van der Waals surface area contributed by atoms with E-state index in [1.807, 2.05) is 30.3 Å². The van der Waals surface area contributed by atoms with Crippen LogP contribution in [-0.4, -0.2) is 18.6 Å².